The van der Waals surface area contributed by atoms with Crippen molar-refractivity contribution < 1.29 is 9.21 Å². The van der Waals surface area contributed by atoms with Crippen LogP contribution in [0.25, 0.3) is 11.1 Å². The predicted molar refractivity (Wildman–Crippen MR) is 73.4 cm³/mol. The van der Waals surface area contributed by atoms with Crippen molar-refractivity contribution in [2.75, 3.05) is 6.54 Å². The standard InChI is InChI=1S/C14H19N3O2/c1-9(7-15)5-14(18)16-8-11-3-4-12-13(6-11)19-10(2)17-12/h3-4,6,9H,5,7-8,15H2,1-2H3,(H,16,18). The molecule has 1 aromatic heterocycles. The van der Waals surface area contributed by atoms with Gasteiger partial charge in [-0.2, -0.15) is 0 Å². The number of aromatic nitrogens is 1. The Kier molecular flexibility index (Phi) is 4.16. The van der Waals surface area contributed by atoms with Crippen LogP contribution in [0.3, 0.4) is 0 Å². The number of amides is 1. The lowest BCUT2D eigenvalue weighted by Gasteiger charge is -2.09. The Hall–Kier alpha value is -1.88. The minimum absolute atomic E-state index is 0.0202. The second-order valence-electron chi connectivity index (χ2n) is 4.86. The number of hydrogen-bond donors (Lipinski definition) is 2. The molecule has 0 aliphatic carbocycles. The molecule has 0 saturated carbocycles. The first-order valence-electron chi connectivity index (χ1n) is 6.41. The minimum Gasteiger partial charge on any atom is -0.441 e. The van der Waals surface area contributed by atoms with Gasteiger partial charge in [-0.25, -0.2) is 4.98 Å². The van der Waals surface area contributed by atoms with Crippen LogP contribution in [0.2, 0.25) is 0 Å². The van der Waals surface area contributed by atoms with Crippen molar-refractivity contribution in [3.05, 3.63) is 29.7 Å². The lowest BCUT2D eigenvalue weighted by molar-refractivity contribution is -0.122. The molecule has 19 heavy (non-hydrogen) atoms. The van der Waals surface area contributed by atoms with E-state index in [4.69, 9.17) is 10.2 Å². The number of rotatable bonds is 5. The van der Waals surface area contributed by atoms with Crippen molar-refractivity contribution in [2.24, 2.45) is 11.7 Å². The normalized spacial score (nSPS) is 12.6. The summed E-state index contributed by atoms with van der Waals surface area (Å²) in [6.45, 7) is 4.79. The average molecular weight is 261 g/mol. The van der Waals surface area contributed by atoms with Crippen LogP contribution >= 0.6 is 0 Å². The molecule has 2 aromatic rings. The number of nitrogens with two attached hydrogens (primary N) is 1. The topological polar surface area (TPSA) is 81.2 Å². The van der Waals surface area contributed by atoms with Crippen LogP contribution in [-0.2, 0) is 11.3 Å². The molecule has 1 heterocycles. The van der Waals surface area contributed by atoms with Gasteiger partial charge in [-0.15, -0.1) is 0 Å². The number of fused-ring (bicyclic) bond motifs is 1. The number of oxazole rings is 1. The monoisotopic (exact) mass is 261 g/mol. The zero-order chi connectivity index (χ0) is 13.8. The quantitative estimate of drug-likeness (QED) is 0.859. The highest BCUT2D eigenvalue weighted by molar-refractivity contribution is 5.77. The molecule has 0 radical (unpaired) electrons. The molecule has 0 bridgehead atoms. The Bertz CT molecular complexity index is 577. The molecular weight excluding hydrogens is 242 g/mol. The van der Waals surface area contributed by atoms with Gasteiger partial charge < -0.3 is 15.5 Å². The first-order chi connectivity index (χ1) is 9.08. The molecule has 0 saturated heterocycles. The van der Waals surface area contributed by atoms with Gasteiger partial charge in [0.05, 0.1) is 0 Å². The molecule has 1 amide bonds. The molecule has 1 atom stereocenters. The zero-order valence-electron chi connectivity index (χ0n) is 11.3. The number of benzene rings is 1. The molecule has 2 rings (SSSR count). The van der Waals surface area contributed by atoms with E-state index in [-0.39, 0.29) is 11.8 Å². The molecule has 1 aromatic carbocycles. The van der Waals surface area contributed by atoms with E-state index in [1.807, 2.05) is 32.0 Å². The highest BCUT2D eigenvalue weighted by Crippen LogP contribution is 2.16. The van der Waals surface area contributed by atoms with Crippen molar-refractivity contribution >= 4 is 17.0 Å². The highest BCUT2D eigenvalue weighted by Gasteiger charge is 2.08. The van der Waals surface area contributed by atoms with Crippen molar-refractivity contribution in [2.45, 2.75) is 26.8 Å². The largest absolute Gasteiger partial charge is 0.441 e. The highest BCUT2D eigenvalue weighted by atomic mass is 16.3. The van der Waals surface area contributed by atoms with Crippen LogP contribution in [-0.4, -0.2) is 17.4 Å². The fourth-order valence-corrected chi connectivity index (χ4v) is 1.87. The molecule has 0 aliphatic rings. The van der Waals surface area contributed by atoms with Crippen molar-refractivity contribution in [3.8, 4) is 0 Å². The summed E-state index contributed by atoms with van der Waals surface area (Å²) in [4.78, 5) is 15.9. The second-order valence-corrected chi connectivity index (χ2v) is 4.86. The van der Waals surface area contributed by atoms with Gasteiger partial charge in [-0.1, -0.05) is 13.0 Å². The first-order valence-corrected chi connectivity index (χ1v) is 6.41. The Morgan fingerprint density at radius 1 is 1.53 bits per heavy atom. The third-order valence-corrected chi connectivity index (χ3v) is 2.99. The van der Waals surface area contributed by atoms with Gasteiger partial charge in [0.15, 0.2) is 11.5 Å². The number of carbonyl (C=O) groups excluding carboxylic acids is 1. The Morgan fingerprint density at radius 2 is 2.32 bits per heavy atom. The Balaban J connectivity index is 1.96. The third kappa shape index (κ3) is 3.54. The van der Waals surface area contributed by atoms with Crippen LogP contribution in [0.4, 0.5) is 0 Å². The van der Waals surface area contributed by atoms with E-state index in [1.54, 1.807) is 0 Å². The minimum atomic E-state index is 0.0202. The molecule has 0 spiro atoms. The van der Waals surface area contributed by atoms with Crippen molar-refractivity contribution in [1.29, 1.82) is 0 Å². The third-order valence-electron chi connectivity index (χ3n) is 2.99. The van der Waals surface area contributed by atoms with Gasteiger partial charge in [0.25, 0.3) is 0 Å². The van der Waals surface area contributed by atoms with Crippen molar-refractivity contribution in [3.63, 3.8) is 0 Å². The van der Waals surface area contributed by atoms with Gasteiger partial charge in [0.1, 0.15) is 5.52 Å². The lowest BCUT2D eigenvalue weighted by Crippen LogP contribution is -2.26. The van der Waals surface area contributed by atoms with E-state index in [9.17, 15) is 4.79 Å². The van der Waals surface area contributed by atoms with E-state index in [2.05, 4.69) is 10.3 Å². The van der Waals surface area contributed by atoms with Gasteiger partial charge >= 0.3 is 0 Å². The molecule has 0 aliphatic heterocycles. The van der Waals surface area contributed by atoms with Crippen LogP contribution < -0.4 is 11.1 Å². The SMILES string of the molecule is Cc1nc2ccc(CNC(=O)CC(C)CN)cc2o1. The summed E-state index contributed by atoms with van der Waals surface area (Å²) in [5.41, 5.74) is 8.08. The second kappa shape index (κ2) is 5.84. The van der Waals surface area contributed by atoms with E-state index >= 15 is 0 Å². The summed E-state index contributed by atoms with van der Waals surface area (Å²) in [5.74, 6) is 0.874. The molecule has 3 N–H and O–H groups in total. The van der Waals surface area contributed by atoms with Crippen LogP contribution in [0.1, 0.15) is 24.8 Å². The molecular formula is C14H19N3O2. The van der Waals surface area contributed by atoms with E-state index in [0.29, 0.717) is 25.4 Å². The number of hydrogen-bond acceptors (Lipinski definition) is 4. The summed E-state index contributed by atoms with van der Waals surface area (Å²) in [6, 6.07) is 5.74. The zero-order valence-corrected chi connectivity index (χ0v) is 11.3. The molecule has 0 fully saturated rings. The van der Waals surface area contributed by atoms with Gasteiger partial charge in [0, 0.05) is 19.9 Å². The molecule has 5 nitrogen and oxygen atoms in total. The average Bonchev–Trinajstić information content (AvgIpc) is 2.75. The van der Waals surface area contributed by atoms with Gasteiger partial charge in [-0.3, -0.25) is 4.79 Å². The maximum Gasteiger partial charge on any atom is 0.220 e. The summed E-state index contributed by atoms with van der Waals surface area (Å²) >= 11 is 0. The number of nitrogens with zero attached hydrogens (tertiary/aromatic N) is 1. The first kappa shape index (κ1) is 13.5. The van der Waals surface area contributed by atoms with E-state index < -0.39 is 0 Å². The van der Waals surface area contributed by atoms with E-state index in [1.165, 1.54) is 0 Å². The van der Waals surface area contributed by atoms with Crippen LogP contribution in [0, 0.1) is 12.8 Å². The Labute approximate surface area is 112 Å². The maximum absolute atomic E-state index is 11.7. The lowest BCUT2D eigenvalue weighted by atomic mass is 10.1. The molecule has 5 heteroatoms. The summed E-state index contributed by atoms with van der Waals surface area (Å²) in [5, 5.41) is 2.88. The Morgan fingerprint density at radius 3 is 3.05 bits per heavy atom. The summed E-state index contributed by atoms with van der Waals surface area (Å²) in [6.07, 6.45) is 0.458. The summed E-state index contributed by atoms with van der Waals surface area (Å²) < 4.78 is 5.46. The smallest absolute Gasteiger partial charge is 0.220 e. The van der Waals surface area contributed by atoms with E-state index in [0.717, 1.165) is 16.7 Å². The van der Waals surface area contributed by atoms with Crippen LogP contribution in [0.5, 0.6) is 0 Å². The van der Waals surface area contributed by atoms with Gasteiger partial charge in [-0.05, 0) is 30.2 Å². The summed E-state index contributed by atoms with van der Waals surface area (Å²) in [7, 11) is 0. The predicted octanol–water partition coefficient (Wildman–Crippen LogP) is 1.74. The fraction of sp³-hybridized carbons (Fsp3) is 0.429. The van der Waals surface area contributed by atoms with Crippen LogP contribution in [0.15, 0.2) is 22.6 Å². The number of carbonyl (C=O) groups is 1. The molecule has 1 unspecified atom stereocenters. The number of aryl methyl sites for hydroxylation is 1. The maximum atomic E-state index is 11.7. The fourth-order valence-electron chi connectivity index (χ4n) is 1.87. The number of nitrogens with one attached hydrogen (secondary N) is 1. The molecule has 102 valence electrons. The van der Waals surface area contributed by atoms with Gasteiger partial charge in [0.2, 0.25) is 5.91 Å². The van der Waals surface area contributed by atoms with Crippen molar-refractivity contribution in [1.82, 2.24) is 10.3 Å².